The zero-order valence-corrected chi connectivity index (χ0v) is 49.6. The number of benzene rings is 16. The Morgan fingerprint density at radius 2 is 0.244 bits per heavy atom. The van der Waals surface area contributed by atoms with Gasteiger partial charge in [-0.2, -0.15) is 0 Å². The van der Waals surface area contributed by atoms with Gasteiger partial charge in [-0.1, -0.05) is 340 Å². The number of rotatable bonds is 12. The molecule has 0 aliphatic rings. The summed E-state index contributed by atoms with van der Waals surface area (Å²) in [4.78, 5) is 0. The molecule has 0 bridgehead atoms. The van der Waals surface area contributed by atoms with Crippen molar-refractivity contribution in [2.24, 2.45) is 0 Å². The topological polar surface area (TPSA) is 0 Å². The van der Waals surface area contributed by atoms with Crippen LogP contribution in [-0.2, 0) is 0 Å². The van der Waals surface area contributed by atoms with Crippen molar-refractivity contribution in [3.8, 4) is 134 Å². The van der Waals surface area contributed by atoms with Gasteiger partial charge >= 0.3 is 0 Å². The van der Waals surface area contributed by atoms with Crippen LogP contribution >= 0.6 is 0 Å². The molecule has 0 amide bonds. The summed E-state index contributed by atoms with van der Waals surface area (Å²) in [5.41, 5.74) is 27.8. The molecule has 420 valence electrons. The number of hydrogen-bond acceptors (Lipinski definition) is 0. The van der Waals surface area contributed by atoms with Crippen LogP contribution in [0.4, 0.5) is 0 Å². The van der Waals surface area contributed by atoms with Gasteiger partial charge < -0.3 is 0 Å². The molecular formula is C90H60. The Kier molecular flexibility index (Phi) is 14.1. The number of fused-ring (bicyclic) bond motifs is 3. The van der Waals surface area contributed by atoms with Crippen molar-refractivity contribution >= 4 is 32.3 Å². The number of hydrogen-bond donors (Lipinski definition) is 0. The van der Waals surface area contributed by atoms with Crippen molar-refractivity contribution < 1.29 is 0 Å². The largest absolute Gasteiger partial charge is 0.0622 e. The van der Waals surface area contributed by atoms with Crippen LogP contribution in [0.2, 0.25) is 0 Å². The van der Waals surface area contributed by atoms with E-state index in [1.54, 1.807) is 0 Å². The average molecular weight is 1140 g/mol. The summed E-state index contributed by atoms with van der Waals surface area (Å²) in [6.45, 7) is 0. The van der Waals surface area contributed by atoms with Gasteiger partial charge in [0.05, 0.1) is 0 Å². The minimum atomic E-state index is 1.15. The lowest BCUT2D eigenvalue weighted by molar-refractivity contribution is 1.57. The van der Waals surface area contributed by atoms with Crippen molar-refractivity contribution in [3.63, 3.8) is 0 Å². The molecule has 0 N–H and O–H groups in total. The van der Waals surface area contributed by atoms with Crippen molar-refractivity contribution in [1.82, 2.24) is 0 Å². The highest BCUT2D eigenvalue weighted by Gasteiger charge is 2.32. The van der Waals surface area contributed by atoms with Crippen molar-refractivity contribution in [3.05, 3.63) is 364 Å². The maximum absolute atomic E-state index is 2.56. The molecule has 16 aromatic rings. The zero-order valence-electron chi connectivity index (χ0n) is 49.6. The van der Waals surface area contributed by atoms with Gasteiger partial charge in [0.15, 0.2) is 0 Å². The third-order valence-electron chi connectivity index (χ3n) is 18.1. The van der Waals surface area contributed by atoms with Crippen LogP contribution < -0.4 is 0 Å². The van der Waals surface area contributed by atoms with Gasteiger partial charge in [0, 0.05) is 0 Å². The average Bonchev–Trinajstić information content (AvgIpc) is 0.716. The van der Waals surface area contributed by atoms with Crippen LogP contribution in [0, 0.1) is 0 Å². The molecule has 90 heavy (non-hydrogen) atoms. The fourth-order valence-corrected chi connectivity index (χ4v) is 14.1. The Balaban J connectivity index is 1.28. The van der Waals surface area contributed by atoms with Gasteiger partial charge in [-0.05, 0) is 190 Å². The second-order valence-electron chi connectivity index (χ2n) is 23.2. The third-order valence-corrected chi connectivity index (χ3v) is 18.1. The van der Waals surface area contributed by atoms with Gasteiger partial charge in [-0.3, -0.25) is 0 Å². The Hall–Kier alpha value is -11.7. The third kappa shape index (κ3) is 9.60. The molecule has 0 atom stereocenters. The molecule has 16 aromatic carbocycles. The van der Waals surface area contributed by atoms with E-state index < -0.39 is 0 Å². The normalized spacial score (nSPS) is 11.3. The summed E-state index contributed by atoms with van der Waals surface area (Å²) in [5.74, 6) is 0. The molecule has 0 unspecified atom stereocenters. The van der Waals surface area contributed by atoms with E-state index in [1.807, 2.05) is 0 Å². The Labute approximate surface area is 526 Å². The fourth-order valence-electron chi connectivity index (χ4n) is 14.1. The highest BCUT2D eigenvalue weighted by molar-refractivity contribution is 6.36. The lowest BCUT2D eigenvalue weighted by Crippen LogP contribution is -2.02. The Bertz CT molecular complexity index is 4610. The molecule has 0 nitrogen and oxygen atoms in total. The summed E-state index contributed by atoms with van der Waals surface area (Å²) >= 11 is 0. The lowest BCUT2D eigenvalue weighted by atomic mass is 9.73. The van der Waals surface area contributed by atoms with E-state index in [0.29, 0.717) is 0 Å². The lowest BCUT2D eigenvalue weighted by Gasteiger charge is -2.29. The first-order valence-electron chi connectivity index (χ1n) is 31.2. The van der Waals surface area contributed by atoms with Crippen molar-refractivity contribution in [2.75, 3.05) is 0 Å². The highest BCUT2D eigenvalue weighted by Crippen LogP contribution is 2.59. The zero-order chi connectivity index (χ0) is 59.7. The van der Waals surface area contributed by atoms with Crippen LogP contribution in [0.5, 0.6) is 0 Å². The molecule has 0 heterocycles. The van der Waals surface area contributed by atoms with Gasteiger partial charge in [0.1, 0.15) is 0 Å². The van der Waals surface area contributed by atoms with E-state index >= 15 is 0 Å². The van der Waals surface area contributed by atoms with E-state index in [2.05, 4.69) is 364 Å². The van der Waals surface area contributed by atoms with E-state index in [0.717, 1.165) is 133 Å². The molecule has 16 rings (SSSR count). The first-order valence-corrected chi connectivity index (χ1v) is 31.2. The van der Waals surface area contributed by atoms with E-state index in [1.165, 1.54) is 33.0 Å². The minimum Gasteiger partial charge on any atom is -0.0622 e. The molecule has 0 spiro atoms. The SMILES string of the molecule is c1ccc(-c2cc3c(-c4ccccc4-c4ccccc4)c4c(-c5ccccc5-c5ccccc5)c5cc(-c6ccccc6)c(-c6ccccc6)cc5c(-c5ccccc5-c5ccccc5)c4c(-c4ccccc4-c4ccccc4)c3cc2-c2ccccc2)cc1. The van der Waals surface area contributed by atoms with E-state index in [4.69, 9.17) is 0 Å². The van der Waals surface area contributed by atoms with Crippen molar-refractivity contribution in [2.45, 2.75) is 0 Å². The standard InChI is InChI=1S/C90H60/c1-9-33-61(34-10-1)69-49-25-29-53-73(69)85-81-57-77(65-41-17-5-18-42-65)78(66-43-19-6-20-44-66)58-82(81)87(75-55-31-27-51-71(75)63-37-13-3-14-38-63)90-88(76-56-32-28-52-72(76)64-39-15-4-16-40-64)84-60-80(68-47-23-8-24-48-68)79(67-45-21-7-22-46-67)59-83(84)86(89(85)90)74-54-30-26-50-70(74)62-35-11-2-12-36-62/h1-60H. The van der Waals surface area contributed by atoms with Crippen molar-refractivity contribution in [1.29, 1.82) is 0 Å². The highest BCUT2D eigenvalue weighted by atomic mass is 14.3. The molecule has 0 aliphatic carbocycles. The van der Waals surface area contributed by atoms with Gasteiger partial charge in [-0.25, -0.2) is 0 Å². The second-order valence-corrected chi connectivity index (χ2v) is 23.2. The molecule has 0 fully saturated rings. The monoisotopic (exact) mass is 1140 g/mol. The van der Waals surface area contributed by atoms with E-state index in [-0.39, 0.29) is 0 Å². The first kappa shape index (κ1) is 53.7. The maximum atomic E-state index is 2.56. The predicted octanol–water partition coefficient (Wildman–Crippen LogP) is 25.2. The first-order chi connectivity index (χ1) is 44.7. The summed E-state index contributed by atoms with van der Waals surface area (Å²) in [6, 6.07) is 135. The Morgan fingerprint density at radius 1 is 0.111 bits per heavy atom. The molecule has 0 radical (unpaired) electrons. The van der Waals surface area contributed by atoms with E-state index in [9.17, 15) is 0 Å². The van der Waals surface area contributed by atoms with Crippen LogP contribution in [-0.4, -0.2) is 0 Å². The summed E-state index contributed by atoms with van der Waals surface area (Å²) in [6.07, 6.45) is 0. The van der Waals surface area contributed by atoms with Crippen LogP contribution in [0.25, 0.3) is 166 Å². The summed E-state index contributed by atoms with van der Waals surface area (Å²) in [7, 11) is 0. The quantitative estimate of drug-likeness (QED) is 0.107. The smallest absolute Gasteiger partial charge is 0.0000929 e. The van der Waals surface area contributed by atoms with Crippen LogP contribution in [0.3, 0.4) is 0 Å². The van der Waals surface area contributed by atoms with Gasteiger partial charge in [-0.15, -0.1) is 0 Å². The maximum Gasteiger partial charge on any atom is -0.0000929 e. The molecule has 0 saturated heterocycles. The molecule has 0 aliphatic heterocycles. The minimum absolute atomic E-state index is 1.15. The summed E-state index contributed by atoms with van der Waals surface area (Å²) in [5, 5.41) is 6.99. The Morgan fingerprint density at radius 3 is 0.411 bits per heavy atom. The van der Waals surface area contributed by atoms with Crippen LogP contribution in [0.1, 0.15) is 0 Å². The van der Waals surface area contributed by atoms with Crippen LogP contribution in [0.15, 0.2) is 364 Å². The second kappa shape index (κ2) is 23.5. The molecular weight excluding hydrogens is 1080 g/mol. The molecule has 0 aromatic heterocycles. The van der Waals surface area contributed by atoms with Gasteiger partial charge in [0.25, 0.3) is 0 Å². The predicted molar refractivity (Wildman–Crippen MR) is 384 cm³/mol. The molecule has 0 saturated carbocycles. The van der Waals surface area contributed by atoms with Gasteiger partial charge in [0.2, 0.25) is 0 Å². The summed E-state index contributed by atoms with van der Waals surface area (Å²) < 4.78 is 0. The fraction of sp³-hybridized carbons (Fsp3) is 0. The molecule has 0 heteroatoms.